The molecule has 1 atom stereocenters. The zero-order valence-corrected chi connectivity index (χ0v) is 14.7. The van der Waals surface area contributed by atoms with Gasteiger partial charge in [0.1, 0.15) is 19.0 Å². The Balaban J connectivity index is 1.82. The van der Waals surface area contributed by atoms with E-state index in [0.29, 0.717) is 24.5 Å². The van der Waals surface area contributed by atoms with Crippen LogP contribution in [0.2, 0.25) is 0 Å². The normalized spacial score (nSPS) is 14.1. The van der Waals surface area contributed by atoms with Crippen molar-refractivity contribution in [2.75, 3.05) is 20.3 Å². The average molecular weight is 341 g/mol. The lowest BCUT2D eigenvalue weighted by molar-refractivity contribution is 0.0925. The van der Waals surface area contributed by atoms with Crippen LogP contribution in [-0.4, -0.2) is 26.2 Å². The molecule has 0 fully saturated rings. The summed E-state index contributed by atoms with van der Waals surface area (Å²) in [5, 5.41) is 3.12. The van der Waals surface area contributed by atoms with Gasteiger partial charge in [-0.25, -0.2) is 0 Å². The molecule has 2 aromatic rings. The predicted molar refractivity (Wildman–Crippen MR) is 95.5 cm³/mol. The molecule has 0 unspecified atom stereocenters. The van der Waals surface area contributed by atoms with Gasteiger partial charge in [-0.15, -0.1) is 0 Å². The first-order valence-electron chi connectivity index (χ1n) is 8.43. The van der Waals surface area contributed by atoms with E-state index in [-0.39, 0.29) is 17.9 Å². The summed E-state index contributed by atoms with van der Waals surface area (Å²) in [5.41, 5.74) is 1.57. The topological polar surface area (TPSA) is 56.8 Å². The fourth-order valence-electron chi connectivity index (χ4n) is 2.88. The SMILES string of the molecule is COc1cccc(C(=O)N[C@H](c2ccc3c(c2)OCCO3)C(C)C)c1. The number of nitrogens with one attached hydrogen (secondary N) is 1. The van der Waals surface area contributed by atoms with E-state index in [0.717, 1.165) is 17.1 Å². The van der Waals surface area contributed by atoms with Gasteiger partial charge >= 0.3 is 0 Å². The number of hydrogen-bond donors (Lipinski definition) is 1. The second-order valence-corrected chi connectivity index (χ2v) is 6.33. The van der Waals surface area contributed by atoms with Crippen molar-refractivity contribution in [2.45, 2.75) is 19.9 Å². The fraction of sp³-hybridized carbons (Fsp3) is 0.350. The fourth-order valence-corrected chi connectivity index (χ4v) is 2.88. The standard InChI is InChI=1S/C20H23NO4/c1-13(2)19(14-7-8-17-18(12-14)25-10-9-24-17)21-20(22)15-5-4-6-16(11-15)23-3/h4-8,11-13,19H,9-10H2,1-3H3,(H,21,22)/t19-/m0/s1. The van der Waals surface area contributed by atoms with E-state index < -0.39 is 0 Å². The number of hydrogen-bond acceptors (Lipinski definition) is 4. The molecule has 0 saturated carbocycles. The van der Waals surface area contributed by atoms with E-state index in [1.165, 1.54) is 0 Å². The van der Waals surface area contributed by atoms with Crippen molar-refractivity contribution in [1.82, 2.24) is 5.32 Å². The lowest BCUT2D eigenvalue weighted by Crippen LogP contribution is -2.32. The van der Waals surface area contributed by atoms with Crippen molar-refractivity contribution in [3.63, 3.8) is 0 Å². The number of ether oxygens (including phenoxy) is 3. The van der Waals surface area contributed by atoms with Crippen LogP contribution in [0.3, 0.4) is 0 Å². The molecule has 5 nitrogen and oxygen atoms in total. The van der Waals surface area contributed by atoms with E-state index in [1.807, 2.05) is 30.3 Å². The second-order valence-electron chi connectivity index (χ2n) is 6.33. The molecule has 1 aliphatic rings. The van der Waals surface area contributed by atoms with Gasteiger partial charge in [-0.3, -0.25) is 4.79 Å². The maximum atomic E-state index is 12.7. The summed E-state index contributed by atoms with van der Waals surface area (Å²) in [6.07, 6.45) is 0. The third kappa shape index (κ3) is 3.87. The largest absolute Gasteiger partial charge is 0.497 e. The van der Waals surface area contributed by atoms with Gasteiger partial charge in [0, 0.05) is 5.56 Å². The number of carbonyl (C=O) groups excluding carboxylic acids is 1. The van der Waals surface area contributed by atoms with E-state index in [4.69, 9.17) is 14.2 Å². The summed E-state index contributed by atoms with van der Waals surface area (Å²) < 4.78 is 16.4. The Labute approximate surface area is 147 Å². The molecule has 1 heterocycles. The predicted octanol–water partition coefficient (Wildman–Crippen LogP) is 3.59. The van der Waals surface area contributed by atoms with Crippen LogP contribution < -0.4 is 19.5 Å². The Kier molecular flexibility index (Phi) is 5.12. The van der Waals surface area contributed by atoms with Crippen molar-refractivity contribution in [1.29, 1.82) is 0 Å². The number of fused-ring (bicyclic) bond motifs is 1. The molecule has 0 spiro atoms. The minimum atomic E-state index is -0.132. The van der Waals surface area contributed by atoms with Crippen LogP contribution in [0.5, 0.6) is 17.2 Å². The van der Waals surface area contributed by atoms with Crippen molar-refractivity contribution < 1.29 is 19.0 Å². The number of rotatable bonds is 5. The van der Waals surface area contributed by atoms with Crippen molar-refractivity contribution in [3.05, 3.63) is 53.6 Å². The van der Waals surface area contributed by atoms with Crippen LogP contribution in [0.25, 0.3) is 0 Å². The highest BCUT2D eigenvalue weighted by atomic mass is 16.6. The van der Waals surface area contributed by atoms with E-state index in [2.05, 4.69) is 19.2 Å². The van der Waals surface area contributed by atoms with Gasteiger partial charge in [-0.05, 0) is 41.8 Å². The maximum absolute atomic E-state index is 12.7. The van der Waals surface area contributed by atoms with Crippen LogP contribution in [0.4, 0.5) is 0 Å². The van der Waals surface area contributed by atoms with Crippen LogP contribution in [0.15, 0.2) is 42.5 Å². The van der Waals surface area contributed by atoms with Gasteiger partial charge in [0.2, 0.25) is 0 Å². The van der Waals surface area contributed by atoms with Crippen molar-refractivity contribution in [2.24, 2.45) is 5.92 Å². The Hall–Kier alpha value is -2.69. The molecule has 0 saturated heterocycles. The monoisotopic (exact) mass is 341 g/mol. The summed E-state index contributed by atoms with van der Waals surface area (Å²) in [4.78, 5) is 12.7. The third-order valence-electron chi connectivity index (χ3n) is 4.21. The van der Waals surface area contributed by atoms with Crippen LogP contribution in [0, 0.1) is 5.92 Å². The summed E-state index contributed by atoms with van der Waals surface area (Å²) >= 11 is 0. The minimum Gasteiger partial charge on any atom is -0.497 e. The Morgan fingerprint density at radius 1 is 1.08 bits per heavy atom. The molecule has 3 rings (SSSR count). The van der Waals surface area contributed by atoms with Crippen LogP contribution >= 0.6 is 0 Å². The smallest absolute Gasteiger partial charge is 0.251 e. The molecule has 5 heteroatoms. The molecule has 1 aliphatic heterocycles. The summed E-state index contributed by atoms with van der Waals surface area (Å²) in [7, 11) is 1.59. The van der Waals surface area contributed by atoms with Crippen LogP contribution in [-0.2, 0) is 0 Å². The minimum absolute atomic E-state index is 0.130. The first-order chi connectivity index (χ1) is 12.1. The van der Waals surface area contributed by atoms with E-state index in [9.17, 15) is 4.79 Å². The van der Waals surface area contributed by atoms with Gasteiger partial charge in [0.25, 0.3) is 5.91 Å². The molecule has 1 N–H and O–H groups in total. The Morgan fingerprint density at radius 3 is 2.56 bits per heavy atom. The lowest BCUT2D eigenvalue weighted by Gasteiger charge is -2.25. The molecular weight excluding hydrogens is 318 g/mol. The van der Waals surface area contributed by atoms with Gasteiger partial charge in [-0.2, -0.15) is 0 Å². The zero-order chi connectivity index (χ0) is 17.8. The van der Waals surface area contributed by atoms with E-state index in [1.54, 1.807) is 19.2 Å². The molecule has 2 aromatic carbocycles. The zero-order valence-electron chi connectivity index (χ0n) is 14.7. The van der Waals surface area contributed by atoms with Crippen LogP contribution in [0.1, 0.15) is 35.8 Å². The number of carbonyl (C=O) groups is 1. The number of benzene rings is 2. The first-order valence-corrected chi connectivity index (χ1v) is 8.43. The van der Waals surface area contributed by atoms with Crippen molar-refractivity contribution >= 4 is 5.91 Å². The highest BCUT2D eigenvalue weighted by molar-refractivity contribution is 5.94. The first kappa shape index (κ1) is 17.1. The number of amides is 1. The second kappa shape index (κ2) is 7.47. The molecule has 132 valence electrons. The molecule has 1 amide bonds. The highest BCUT2D eigenvalue weighted by Crippen LogP contribution is 2.34. The summed E-state index contributed by atoms with van der Waals surface area (Å²) in [5.74, 6) is 2.22. The molecule has 0 aliphatic carbocycles. The quantitative estimate of drug-likeness (QED) is 0.903. The molecule has 25 heavy (non-hydrogen) atoms. The van der Waals surface area contributed by atoms with Gasteiger partial charge < -0.3 is 19.5 Å². The molecule has 0 aromatic heterocycles. The Morgan fingerprint density at radius 2 is 1.84 bits per heavy atom. The Bertz CT molecular complexity index is 757. The van der Waals surface area contributed by atoms with Crippen molar-refractivity contribution in [3.8, 4) is 17.2 Å². The lowest BCUT2D eigenvalue weighted by atomic mass is 9.95. The third-order valence-corrected chi connectivity index (χ3v) is 4.21. The average Bonchev–Trinajstić information content (AvgIpc) is 2.65. The van der Waals surface area contributed by atoms with Gasteiger partial charge in [0.05, 0.1) is 13.2 Å². The molecule has 0 bridgehead atoms. The summed E-state index contributed by atoms with van der Waals surface area (Å²) in [6.45, 7) is 5.26. The molecular formula is C20H23NO4. The number of methoxy groups -OCH3 is 1. The van der Waals surface area contributed by atoms with E-state index >= 15 is 0 Å². The van der Waals surface area contributed by atoms with Gasteiger partial charge in [-0.1, -0.05) is 26.0 Å². The highest BCUT2D eigenvalue weighted by Gasteiger charge is 2.22. The summed E-state index contributed by atoms with van der Waals surface area (Å²) in [6, 6.07) is 12.8. The maximum Gasteiger partial charge on any atom is 0.251 e. The van der Waals surface area contributed by atoms with Gasteiger partial charge in [0.15, 0.2) is 11.5 Å². The molecule has 0 radical (unpaired) electrons.